The van der Waals surface area contributed by atoms with E-state index in [0.717, 1.165) is 7.11 Å². The fraction of sp³-hybridized carbons (Fsp3) is 1.00. The molecule has 0 aliphatic carbocycles. The Kier molecular flexibility index (Phi) is 16.7. The summed E-state index contributed by atoms with van der Waals surface area (Å²) in [6.45, 7) is 4.40. The van der Waals surface area contributed by atoms with Gasteiger partial charge in [0.1, 0.15) is 5.44 Å². The first kappa shape index (κ1) is 17.6. The van der Waals surface area contributed by atoms with Crippen LogP contribution in [0.4, 0.5) is 0 Å². The molecule has 1 aliphatic heterocycles. The monoisotopic (exact) mass is 237 g/mol. The van der Waals surface area contributed by atoms with E-state index in [-0.39, 0.29) is 0 Å². The highest BCUT2D eigenvalue weighted by atomic mass is 32.2. The molecule has 1 rings (SSSR count). The quantitative estimate of drug-likeness (QED) is 0.790. The van der Waals surface area contributed by atoms with E-state index in [0.29, 0.717) is 11.5 Å². The van der Waals surface area contributed by atoms with Crippen LogP contribution >= 0.6 is 11.8 Å². The molecular formula is C11H27NO2S. The van der Waals surface area contributed by atoms with E-state index in [2.05, 4.69) is 19.6 Å². The van der Waals surface area contributed by atoms with Crippen molar-refractivity contribution >= 4 is 11.8 Å². The molecule has 0 unspecified atom stereocenters. The molecule has 4 heteroatoms. The third kappa shape index (κ3) is 10.5. The molecule has 1 heterocycles. The van der Waals surface area contributed by atoms with Crippen LogP contribution in [-0.2, 0) is 4.74 Å². The van der Waals surface area contributed by atoms with Gasteiger partial charge in [-0.1, -0.05) is 6.92 Å². The molecule has 3 nitrogen and oxygen atoms in total. The molecule has 3 N–H and O–H groups in total. The number of nitrogens with two attached hydrogens (primary N) is 1. The van der Waals surface area contributed by atoms with Crippen molar-refractivity contribution in [3.05, 3.63) is 0 Å². The summed E-state index contributed by atoms with van der Waals surface area (Å²) in [6, 6.07) is 0. The highest BCUT2D eigenvalue weighted by molar-refractivity contribution is 7.99. The van der Waals surface area contributed by atoms with Gasteiger partial charge in [0.05, 0.1) is 6.10 Å². The smallest absolute Gasteiger partial charge is 0.103 e. The van der Waals surface area contributed by atoms with Gasteiger partial charge in [-0.2, -0.15) is 0 Å². The Bertz CT molecular complexity index is 115. The third-order valence-corrected chi connectivity index (χ3v) is 3.30. The summed E-state index contributed by atoms with van der Waals surface area (Å²) in [5.41, 5.74) is 5.00. The Labute approximate surface area is 98.8 Å². The van der Waals surface area contributed by atoms with Gasteiger partial charge in [0.2, 0.25) is 0 Å². The van der Waals surface area contributed by atoms with Crippen molar-refractivity contribution in [2.24, 2.45) is 5.73 Å². The van der Waals surface area contributed by atoms with Gasteiger partial charge < -0.3 is 15.6 Å². The van der Waals surface area contributed by atoms with E-state index in [1.807, 2.05) is 11.8 Å². The number of aliphatic hydroxyl groups is 1. The summed E-state index contributed by atoms with van der Waals surface area (Å²) in [4.78, 5) is 0. The van der Waals surface area contributed by atoms with Crippen molar-refractivity contribution in [3.63, 3.8) is 0 Å². The number of rotatable bonds is 3. The molecule has 0 spiro atoms. The molecule has 1 fully saturated rings. The molecular weight excluding hydrogens is 210 g/mol. The van der Waals surface area contributed by atoms with Gasteiger partial charge in [0.25, 0.3) is 0 Å². The molecule has 0 saturated carbocycles. The molecule has 0 aromatic carbocycles. The van der Waals surface area contributed by atoms with Crippen molar-refractivity contribution < 1.29 is 9.84 Å². The zero-order chi connectivity index (χ0) is 12.1. The van der Waals surface area contributed by atoms with E-state index >= 15 is 0 Å². The van der Waals surface area contributed by atoms with Crippen LogP contribution in [0.3, 0.4) is 0 Å². The molecule has 15 heavy (non-hydrogen) atoms. The van der Waals surface area contributed by atoms with Gasteiger partial charge in [-0.15, -0.1) is 11.8 Å². The number of thioether (sulfide) groups is 1. The standard InChI is InChI=1S/C9H18OS.CH5N.CH4O/c1-3-7-11-9-6-4-5-8(2)10-9;2*1-2/h8-9H,3-7H2,1-2H3;2H2,1H3;2H,1H3/t8-,9+;;/m1../s1. The summed E-state index contributed by atoms with van der Waals surface area (Å²) in [5, 5.41) is 7.00. The maximum atomic E-state index is 7.00. The lowest BCUT2D eigenvalue weighted by Crippen LogP contribution is -2.22. The molecule has 0 aromatic rings. The summed E-state index contributed by atoms with van der Waals surface area (Å²) < 4.78 is 5.75. The van der Waals surface area contributed by atoms with Gasteiger partial charge in [-0.3, -0.25) is 0 Å². The Morgan fingerprint density at radius 1 is 1.33 bits per heavy atom. The van der Waals surface area contributed by atoms with Crippen molar-refractivity contribution in [3.8, 4) is 0 Å². The van der Waals surface area contributed by atoms with Gasteiger partial charge in [0.15, 0.2) is 0 Å². The molecule has 0 bridgehead atoms. The number of ether oxygens (including phenoxy) is 1. The lowest BCUT2D eigenvalue weighted by atomic mass is 10.1. The van der Waals surface area contributed by atoms with E-state index < -0.39 is 0 Å². The first-order valence-electron chi connectivity index (χ1n) is 5.62. The second-order valence-electron chi connectivity index (χ2n) is 3.18. The SMILES string of the molecule is CCCS[C@H]1CCC[C@@H](C)O1.CN.CO. The average molecular weight is 237 g/mol. The Hall–Kier alpha value is 0.230. The van der Waals surface area contributed by atoms with Gasteiger partial charge >= 0.3 is 0 Å². The predicted octanol–water partition coefficient (Wildman–Crippen LogP) is 2.23. The van der Waals surface area contributed by atoms with Gasteiger partial charge in [-0.25, -0.2) is 0 Å². The minimum absolute atomic E-state index is 0.498. The number of aliphatic hydroxyl groups excluding tert-OH is 1. The normalized spacial score (nSPS) is 24.4. The summed E-state index contributed by atoms with van der Waals surface area (Å²) in [6.07, 6.45) is 5.62. The minimum atomic E-state index is 0.498. The lowest BCUT2D eigenvalue weighted by Gasteiger charge is -2.27. The Morgan fingerprint density at radius 3 is 2.40 bits per heavy atom. The van der Waals surface area contributed by atoms with Crippen LogP contribution < -0.4 is 5.73 Å². The minimum Gasteiger partial charge on any atom is -0.400 e. The van der Waals surface area contributed by atoms with Gasteiger partial charge in [-0.05, 0) is 45.4 Å². The van der Waals surface area contributed by atoms with Crippen LogP contribution in [0, 0.1) is 0 Å². The summed E-state index contributed by atoms with van der Waals surface area (Å²) >= 11 is 1.98. The molecule has 94 valence electrons. The lowest BCUT2D eigenvalue weighted by molar-refractivity contribution is 0.00803. The zero-order valence-electron chi connectivity index (χ0n) is 10.5. The first-order chi connectivity index (χ1) is 7.33. The van der Waals surface area contributed by atoms with E-state index in [4.69, 9.17) is 9.84 Å². The van der Waals surface area contributed by atoms with E-state index in [1.165, 1.54) is 38.5 Å². The molecule has 1 aliphatic rings. The van der Waals surface area contributed by atoms with Crippen LogP contribution in [0.5, 0.6) is 0 Å². The average Bonchev–Trinajstić information content (AvgIpc) is 2.32. The molecule has 2 atom stereocenters. The molecule has 0 amide bonds. The van der Waals surface area contributed by atoms with Crippen LogP contribution in [-0.4, -0.2) is 36.6 Å². The predicted molar refractivity (Wildman–Crippen MR) is 69.2 cm³/mol. The fourth-order valence-electron chi connectivity index (χ4n) is 1.34. The van der Waals surface area contributed by atoms with Crippen LogP contribution in [0.1, 0.15) is 39.5 Å². The van der Waals surface area contributed by atoms with Crippen molar-refractivity contribution in [2.45, 2.75) is 51.1 Å². The zero-order valence-corrected chi connectivity index (χ0v) is 11.3. The van der Waals surface area contributed by atoms with E-state index in [9.17, 15) is 0 Å². The van der Waals surface area contributed by atoms with Crippen molar-refractivity contribution in [1.82, 2.24) is 0 Å². The number of hydrogen-bond donors (Lipinski definition) is 2. The first-order valence-corrected chi connectivity index (χ1v) is 6.67. The fourth-order valence-corrected chi connectivity index (χ4v) is 2.44. The molecule has 0 radical (unpaired) electrons. The number of hydrogen-bond acceptors (Lipinski definition) is 4. The summed E-state index contributed by atoms with van der Waals surface area (Å²) in [7, 11) is 2.50. The topological polar surface area (TPSA) is 55.5 Å². The van der Waals surface area contributed by atoms with Crippen LogP contribution in [0.25, 0.3) is 0 Å². The molecule has 1 saturated heterocycles. The van der Waals surface area contributed by atoms with Crippen LogP contribution in [0.2, 0.25) is 0 Å². The third-order valence-electron chi connectivity index (χ3n) is 1.94. The highest BCUT2D eigenvalue weighted by Gasteiger charge is 2.18. The molecule has 0 aromatic heterocycles. The Morgan fingerprint density at radius 2 is 1.93 bits per heavy atom. The maximum absolute atomic E-state index is 7.00. The highest BCUT2D eigenvalue weighted by Crippen LogP contribution is 2.26. The maximum Gasteiger partial charge on any atom is 0.103 e. The largest absolute Gasteiger partial charge is 0.400 e. The van der Waals surface area contributed by atoms with E-state index in [1.54, 1.807) is 0 Å². The Balaban J connectivity index is 0. The summed E-state index contributed by atoms with van der Waals surface area (Å²) in [5.74, 6) is 1.25. The van der Waals surface area contributed by atoms with Gasteiger partial charge in [0, 0.05) is 7.11 Å². The van der Waals surface area contributed by atoms with Crippen molar-refractivity contribution in [2.75, 3.05) is 19.9 Å². The second kappa shape index (κ2) is 14.2. The second-order valence-corrected chi connectivity index (χ2v) is 4.45. The van der Waals surface area contributed by atoms with Crippen molar-refractivity contribution in [1.29, 1.82) is 0 Å². The van der Waals surface area contributed by atoms with Crippen LogP contribution in [0.15, 0.2) is 0 Å².